The zero-order valence-corrected chi connectivity index (χ0v) is 11.5. The van der Waals surface area contributed by atoms with Gasteiger partial charge in [0.05, 0.1) is 12.0 Å². The van der Waals surface area contributed by atoms with E-state index in [1.807, 2.05) is 19.1 Å². The van der Waals surface area contributed by atoms with Gasteiger partial charge in [-0.05, 0) is 31.9 Å². The smallest absolute Gasteiger partial charge is 0.305 e. The highest BCUT2D eigenvalue weighted by Crippen LogP contribution is 2.25. The Hall–Kier alpha value is -1.88. The Bertz CT molecular complexity index is 489. The van der Waals surface area contributed by atoms with E-state index >= 15 is 0 Å². The van der Waals surface area contributed by atoms with E-state index in [-0.39, 0.29) is 12.3 Å². The first-order chi connectivity index (χ1) is 9.51. The third-order valence-electron chi connectivity index (χ3n) is 3.63. The minimum absolute atomic E-state index is 0.0754. The molecule has 1 saturated heterocycles. The van der Waals surface area contributed by atoms with Crippen LogP contribution in [0.25, 0.3) is 0 Å². The van der Waals surface area contributed by atoms with Crippen LogP contribution in [0, 0.1) is 6.92 Å². The van der Waals surface area contributed by atoms with Gasteiger partial charge in [0.2, 0.25) is 0 Å². The van der Waals surface area contributed by atoms with Crippen molar-refractivity contribution in [3.8, 4) is 0 Å². The molecule has 0 bridgehead atoms. The minimum atomic E-state index is -0.906. The quantitative estimate of drug-likeness (QED) is 0.879. The summed E-state index contributed by atoms with van der Waals surface area (Å²) in [6, 6.07) is 7.22. The number of nitrogens with one attached hydrogen (secondary N) is 1. The van der Waals surface area contributed by atoms with Gasteiger partial charge < -0.3 is 15.2 Å². The SMILES string of the molecule is Cc1ccc(C(=O)NC2(CC(=O)O)CCOCC2)cc1. The molecule has 1 heterocycles. The lowest BCUT2D eigenvalue weighted by Crippen LogP contribution is -2.53. The lowest BCUT2D eigenvalue weighted by molar-refractivity contribution is -0.139. The maximum absolute atomic E-state index is 12.3. The molecule has 20 heavy (non-hydrogen) atoms. The Morgan fingerprint density at radius 2 is 1.85 bits per heavy atom. The number of ether oxygens (including phenoxy) is 1. The molecule has 1 fully saturated rings. The number of carboxylic acid groups (broad SMARTS) is 1. The zero-order valence-electron chi connectivity index (χ0n) is 11.5. The van der Waals surface area contributed by atoms with Crippen molar-refractivity contribution >= 4 is 11.9 Å². The fraction of sp³-hybridized carbons (Fsp3) is 0.467. The Labute approximate surface area is 117 Å². The monoisotopic (exact) mass is 277 g/mol. The third kappa shape index (κ3) is 3.57. The molecule has 1 aliphatic rings. The van der Waals surface area contributed by atoms with E-state index in [1.165, 1.54) is 0 Å². The molecule has 0 aliphatic carbocycles. The van der Waals surface area contributed by atoms with Crippen molar-refractivity contribution in [2.45, 2.75) is 31.7 Å². The van der Waals surface area contributed by atoms with Gasteiger partial charge in [-0.1, -0.05) is 17.7 Å². The molecule has 1 amide bonds. The molecule has 0 atom stereocenters. The summed E-state index contributed by atoms with van der Waals surface area (Å²) in [6.45, 7) is 2.90. The van der Waals surface area contributed by atoms with Crippen LogP contribution in [0.5, 0.6) is 0 Å². The van der Waals surface area contributed by atoms with Crippen LogP contribution in [0.15, 0.2) is 24.3 Å². The maximum Gasteiger partial charge on any atom is 0.305 e. The number of aliphatic carboxylic acids is 1. The van der Waals surface area contributed by atoms with Gasteiger partial charge in [-0.25, -0.2) is 0 Å². The molecule has 0 spiro atoms. The molecule has 5 nitrogen and oxygen atoms in total. The maximum atomic E-state index is 12.3. The summed E-state index contributed by atoms with van der Waals surface area (Å²) in [5, 5.41) is 12.0. The molecule has 5 heteroatoms. The summed E-state index contributed by atoms with van der Waals surface area (Å²) in [7, 11) is 0. The Balaban J connectivity index is 2.12. The number of amides is 1. The molecule has 0 radical (unpaired) electrons. The normalized spacial score (nSPS) is 17.4. The van der Waals surface area contributed by atoms with E-state index in [1.54, 1.807) is 12.1 Å². The highest BCUT2D eigenvalue weighted by atomic mass is 16.5. The molecule has 1 aromatic rings. The molecule has 2 rings (SSSR count). The van der Waals surface area contributed by atoms with E-state index in [9.17, 15) is 9.59 Å². The second-order valence-corrected chi connectivity index (χ2v) is 5.28. The summed E-state index contributed by atoms with van der Waals surface area (Å²) in [6.07, 6.45) is 0.974. The zero-order chi connectivity index (χ0) is 14.6. The summed E-state index contributed by atoms with van der Waals surface area (Å²) in [4.78, 5) is 23.3. The molecule has 2 N–H and O–H groups in total. The van der Waals surface area contributed by atoms with Crippen LogP contribution in [0.4, 0.5) is 0 Å². The lowest BCUT2D eigenvalue weighted by Gasteiger charge is -2.36. The number of aryl methyl sites for hydroxylation is 1. The average molecular weight is 277 g/mol. The Kier molecular flexibility index (Phi) is 4.39. The van der Waals surface area contributed by atoms with E-state index in [0.29, 0.717) is 31.6 Å². The molecule has 1 aliphatic heterocycles. The number of hydrogen-bond acceptors (Lipinski definition) is 3. The van der Waals surface area contributed by atoms with Gasteiger partial charge in [-0.2, -0.15) is 0 Å². The molecule has 0 saturated carbocycles. The fourth-order valence-corrected chi connectivity index (χ4v) is 2.42. The lowest BCUT2D eigenvalue weighted by atomic mass is 9.86. The topological polar surface area (TPSA) is 75.6 Å². The summed E-state index contributed by atoms with van der Waals surface area (Å²) in [5.74, 6) is -1.13. The van der Waals surface area contributed by atoms with Crippen molar-refractivity contribution in [3.63, 3.8) is 0 Å². The number of carboxylic acids is 1. The third-order valence-corrected chi connectivity index (χ3v) is 3.63. The Morgan fingerprint density at radius 1 is 1.25 bits per heavy atom. The summed E-state index contributed by atoms with van der Waals surface area (Å²) < 4.78 is 5.27. The van der Waals surface area contributed by atoms with Gasteiger partial charge in [-0.3, -0.25) is 9.59 Å². The summed E-state index contributed by atoms with van der Waals surface area (Å²) in [5.41, 5.74) is 0.922. The van der Waals surface area contributed by atoms with Gasteiger partial charge in [0.25, 0.3) is 5.91 Å². The van der Waals surface area contributed by atoms with Crippen LogP contribution in [0.2, 0.25) is 0 Å². The number of rotatable bonds is 4. The second kappa shape index (κ2) is 6.05. The number of benzene rings is 1. The largest absolute Gasteiger partial charge is 0.481 e. The van der Waals surface area contributed by atoms with E-state index in [2.05, 4.69) is 5.32 Å². The van der Waals surface area contributed by atoms with Gasteiger partial charge in [0.15, 0.2) is 0 Å². The van der Waals surface area contributed by atoms with Crippen LogP contribution in [-0.2, 0) is 9.53 Å². The second-order valence-electron chi connectivity index (χ2n) is 5.28. The van der Waals surface area contributed by atoms with E-state index in [0.717, 1.165) is 5.56 Å². The van der Waals surface area contributed by atoms with Crippen LogP contribution >= 0.6 is 0 Å². The minimum Gasteiger partial charge on any atom is -0.481 e. The van der Waals surface area contributed by atoms with Gasteiger partial charge >= 0.3 is 5.97 Å². The first-order valence-corrected chi connectivity index (χ1v) is 6.69. The molecular formula is C15H19NO4. The van der Waals surface area contributed by atoms with Gasteiger partial charge in [-0.15, -0.1) is 0 Å². The molecule has 1 aromatic carbocycles. The van der Waals surface area contributed by atoms with Crippen LogP contribution in [-0.4, -0.2) is 35.7 Å². The molecule has 0 aromatic heterocycles. The van der Waals surface area contributed by atoms with E-state index in [4.69, 9.17) is 9.84 Å². The number of carbonyl (C=O) groups excluding carboxylic acids is 1. The highest BCUT2D eigenvalue weighted by Gasteiger charge is 2.36. The predicted molar refractivity (Wildman–Crippen MR) is 73.7 cm³/mol. The predicted octanol–water partition coefficient (Wildman–Crippen LogP) is 1.75. The van der Waals surface area contributed by atoms with Gasteiger partial charge in [0.1, 0.15) is 0 Å². The van der Waals surface area contributed by atoms with Crippen LogP contribution < -0.4 is 5.32 Å². The van der Waals surface area contributed by atoms with Crippen molar-refractivity contribution in [1.29, 1.82) is 0 Å². The van der Waals surface area contributed by atoms with Crippen molar-refractivity contribution < 1.29 is 19.4 Å². The molecule has 108 valence electrons. The Morgan fingerprint density at radius 3 is 2.40 bits per heavy atom. The summed E-state index contributed by atoms with van der Waals surface area (Å²) >= 11 is 0. The number of carbonyl (C=O) groups is 2. The fourth-order valence-electron chi connectivity index (χ4n) is 2.42. The van der Waals surface area contributed by atoms with Crippen LogP contribution in [0.1, 0.15) is 35.2 Å². The highest BCUT2D eigenvalue weighted by molar-refractivity contribution is 5.95. The van der Waals surface area contributed by atoms with Crippen molar-refractivity contribution in [1.82, 2.24) is 5.32 Å². The van der Waals surface area contributed by atoms with Crippen LogP contribution in [0.3, 0.4) is 0 Å². The standard InChI is InChI=1S/C15H19NO4/c1-11-2-4-12(5-3-11)14(19)16-15(10-13(17)18)6-8-20-9-7-15/h2-5H,6-10H2,1H3,(H,16,19)(H,17,18). The molecule has 0 unspecified atom stereocenters. The molecular weight excluding hydrogens is 258 g/mol. The van der Waals surface area contributed by atoms with Crippen molar-refractivity contribution in [3.05, 3.63) is 35.4 Å². The first-order valence-electron chi connectivity index (χ1n) is 6.69. The van der Waals surface area contributed by atoms with Gasteiger partial charge in [0, 0.05) is 18.8 Å². The van der Waals surface area contributed by atoms with Crippen molar-refractivity contribution in [2.75, 3.05) is 13.2 Å². The van der Waals surface area contributed by atoms with E-state index < -0.39 is 11.5 Å². The average Bonchev–Trinajstić information content (AvgIpc) is 2.39. The number of hydrogen-bond donors (Lipinski definition) is 2. The van der Waals surface area contributed by atoms with Crippen molar-refractivity contribution in [2.24, 2.45) is 0 Å². The first kappa shape index (κ1) is 14.5.